The quantitative estimate of drug-likeness (QED) is 0.477. The maximum absolute atomic E-state index is 11.1. The summed E-state index contributed by atoms with van der Waals surface area (Å²) >= 11 is 8.21. The fourth-order valence-corrected chi connectivity index (χ4v) is 4.24. The van der Waals surface area contributed by atoms with Gasteiger partial charge in [-0.05, 0) is 13.0 Å². The summed E-state index contributed by atoms with van der Waals surface area (Å²) in [7, 11) is 0. The van der Waals surface area contributed by atoms with E-state index in [9.17, 15) is 10.1 Å². The molecule has 0 aliphatic carbocycles. The molecule has 2 fully saturated rings. The number of fused-ring (bicyclic) bond motifs is 1. The number of nitro groups is 1. The Morgan fingerprint density at radius 2 is 2.26 bits per heavy atom. The SMILES string of the molecule is C[C@]12OCCS[C@@]1(Cl)CN2c1ccccc1[N+](=O)[O-]. The lowest BCUT2D eigenvalue weighted by Crippen LogP contribution is -2.77. The molecule has 0 aromatic heterocycles. The molecule has 19 heavy (non-hydrogen) atoms. The minimum atomic E-state index is -0.691. The van der Waals surface area contributed by atoms with Crippen LogP contribution >= 0.6 is 23.4 Å². The predicted octanol–water partition coefficient (Wildman–Crippen LogP) is 2.83. The van der Waals surface area contributed by atoms with Gasteiger partial charge < -0.3 is 9.64 Å². The molecule has 0 bridgehead atoms. The molecular weight excluding hydrogens is 288 g/mol. The minimum Gasteiger partial charge on any atom is -0.352 e. The van der Waals surface area contributed by atoms with Gasteiger partial charge in [-0.2, -0.15) is 0 Å². The molecule has 2 atom stereocenters. The molecule has 0 amide bonds. The van der Waals surface area contributed by atoms with Crippen molar-refractivity contribution >= 4 is 34.7 Å². The van der Waals surface area contributed by atoms with E-state index in [-0.39, 0.29) is 10.6 Å². The zero-order valence-electron chi connectivity index (χ0n) is 10.3. The van der Waals surface area contributed by atoms with Crippen LogP contribution in [0, 0.1) is 10.1 Å². The van der Waals surface area contributed by atoms with E-state index in [0.717, 1.165) is 5.75 Å². The zero-order chi connectivity index (χ0) is 13.7. The second-order valence-electron chi connectivity index (χ2n) is 4.74. The number of ether oxygens (including phenoxy) is 1. The Kier molecular flexibility index (Phi) is 2.92. The molecule has 0 radical (unpaired) electrons. The second-order valence-corrected chi connectivity index (χ2v) is 7.00. The Morgan fingerprint density at radius 3 is 2.95 bits per heavy atom. The van der Waals surface area contributed by atoms with Crippen molar-refractivity contribution in [2.45, 2.75) is 16.9 Å². The summed E-state index contributed by atoms with van der Waals surface area (Å²) in [5, 5.41) is 11.1. The number of hydrogen-bond acceptors (Lipinski definition) is 5. The van der Waals surface area contributed by atoms with Crippen molar-refractivity contribution in [2.24, 2.45) is 0 Å². The van der Waals surface area contributed by atoms with Crippen LogP contribution in [0.4, 0.5) is 11.4 Å². The number of alkyl halides is 1. The lowest BCUT2D eigenvalue weighted by Gasteiger charge is -2.63. The molecule has 1 aromatic rings. The number of thioether (sulfide) groups is 1. The Morgan fingerprint density at radius 1 is 1.53 bits per heavy atom. The van der Waals surface area contributed by atoms with Crippen LogP contribution < -0.4 is 4.90 Å². The number of para-hydroxylation sites is 2. The molecule has 0 saturated carbocycles. The first-order valence-electron chi connectivity index (χ1n) is 5.96. The maximum Gasteiger partial charge on any atom is 0.292 e. The summed E-state index contributed by atoms with van der Waals surface area (Å²) in [6.07, 6.45) is 0. The maximum atomic E-state index is 11.1. The van der Waals surface area contributed by atoms with Crippen LogP contribution in [0.3, 0.4) is 0 Å². The van der Waals surface area contributed by atoms with Gasteiger partial charge in [0, 0.05) is 11.8 Å². The number of rotatable bonds is 2. The van der Waals surface area contributed by atoms with Gasteiger partial charge >= 0.3 is 0 Å². The first-order chi connectivity index (χ1) is 8.98. The largest absolute Gasteiger partial charge is 0.352 e. The fourth-order valence-electron chi connectivity index (χ4n) is 2.58. The molecule has 1 aromatic carbocycles. The Labute approximate surface area is 120 Å². The normalized spacial score (nSPS) is 33.5. The number of anilines is 1. The summed E-state index contributed by atoms with van der Waals surface area (Å²) < 4.78 is 5.30. The third kappa shape index (κ3) is 1.74. The van der Waals surface area contributed by atoms with E-state index < -0.39 is 9.93 Å². The minimum absolute atomic E-state index is 0.0848. The van der Waals surface area contributed by atoms with Crippen molar-refractivity contribution in [3.05, 3.63) is 34.4 Å². The number of nitrogens with zero attached hydrogens (tertiary/aromatic N) is 2. The van der Waals surface area contributed by atoms with Crippen LogP contribution in [-0.4, -0.2) is 33.8 Å². The first kappa shape index (κ1) is 13.0. The molecule has 0 N–H and O–H groups in total. The van der Waals surface area contributed by atoms with E-state index in [1.807, 2.05) is 11.8 Å². The molecule has 2 saturated heterocycles. The van der Waals surface area contributed by atoms with Crippen LogP contribution in [0.25, 0.3) is 0 Å². The molecule has 2 aliphatic heterocycles. The van der Waals surface area contributed by atoms with Gasteiger partial charge in [0.05, 0.1) is 18.1 Å². The van der Waals surface area contributed by atoms with Crippen molar-refractivity contribution < 1.29 is 9.66 Å². The van der Waals surface area contributed by atoms with Crippen molar-refractivity contribution in [3.8, 4) is 0 Å². The highest BCUT2D eigenvalue weighted by molar-refractivity contribution is 8.02. The molecule has 0 unspecified atom stereocenters. The molecular formula is C12H13ClN2O3S. The lowest BCUT2D eigenvalue weighted by atomic mass is 9.96. The van der Waals surface area contributed by atoms with E-state index in [1.165, 1.54) is 6.07 Å². The molecule has 7 heteroatoms. The Hall–Kier alpha value is -0.980. The highest BCUT2D eigenvalue weighted by Gasteiger charge is 2.65. The topological polar surface area (TPSA) is 55.6 Å². The number of benzene rings is 1. The van der Waals surface area contributed by atoms with Gasteiger partial charge in [-0.25, -0.2) is 0 Å². The van der Waals surface area contributed by atoms with E-state index >= 15 is 0 Å². The van der Waals surface area contributed by atoms with Crippen molar-refractivity contribution in [1.82, 2.24) is 0 Å². The number of hydrogen-bond donors (Lipinski definition) is 0. The Bertz CT molecular complexity index is 543. The van der Waals surface area contributed by atoms with Gasteiger partial charge in [0.2, 0.25) is 0 Å². The standard InChI is InChI=1S/C12H13ClN2O3S/c1-11-12(13,19-7-6-18-11)8-14(11)9-4-2-3-5-10(9)15(16)17/h2-5H,6-8H2,1H3/t11-,12-/m0/s1. The smallest absolute Gasteiger partial charge is 0.292 e. The summed E-state index contributed by atoms with van der Waals surface area (Å²) in [6, 6.07) is 6.69. The van der Waals surface area contributed by atoms with E-state index in [2.05, 4.69) is 0 Å². The summed E-state index contributed by atoms with van der Waals surface area (Å²) in [5.74, 6) is 0.851. The molecule has 102 valence electrons. The average molecular weight is 301 g/mol. The van der Waals surface area contributed by atoms with E-state index in [4.69, 9.17) is 16.3 Å². The van der Waals surface area contributed by atoms with Crippen LogP contribution in [0.1, 0.15) is 6.92 Å². The van der Waals surface area contributed by atoms with Crippen LogP contribution in [0.5, 0.6) is 0 Å². The van der Waals surface area contributed by atoms with Gasteiger partial charge in [-0.15, -0.1) is 23.4 Å². The third-order valence-electron chi connectivity index (χ3n) is 3.74. The second kappa shape index (κ2) is 4.26. The Balaban J connectivity index is 1.99. The summed E-state index contributed by atoms with van der Waals surface area (Å²) in [5.41, 5.74) is -0.0424. The van der Waals surface area contributed by atoms with Crippen LogP contribution in [0.2, 0.25) is 0 Å². The average Bonchev–Trinajstić information content (AvgIpc) is 2.39. The first-order valence-corrected chi connectivity index (χ1v) is 7.32. The van der Waals surface area contributed by atoms with Crippen molar-refractivity contribution in [2.75, 3.05) is 23.8 Å². The van der Waals surface area contributed by atoms with Crippen molar-refractivity contribution in [3.63, 3.8) is 0 Å². The lowest BCUT2D eigenvalue weighted by molar-refractivity contribution is -0.384. The number of nitro benzene ring substituents is 1. The van der Waals surface area contributed by atoms with Gasteiger partial charge in [0.1, 0.15) is 5.69 Å². The van der Waals surface area contributed by atoms with Gasteiger partial charge in [0.25, 0.3) is 5.69 Å². The zero-order valence-corrected chi connectivity index (χ0v) is 11.9. The molecule has 0 spiro atoms. The fraction of sp³-hybridized carbons (Fsp3) is 0.500. The van der Waals surface area contributed by atoms with E-state index in [1.54, 1.807) is 30.0 Å². The van der Waals surface area contributed by atoms with Crippen LogP contribution in [0.15, 0.2) is 24.3 Å². The van der Waals surface area contributed by atoms with Gasteiger partial charge in [-0.3, -0.25) is 10.1 Å². The molecule has 3 rings (SSSR count). The summed E-state index contributed by atoms with van der Waals surface area (Å²) in [6.45, 7) is 3.04. The monoisotopic (exact) mass is 300 g/mol. The van der Waals surface area contributed by atoms with Crippen molar-refractivity contribution in [1.29, 1.82) is 0 Å². The van der Waals surface area contributed by atoms with Crippen LogP contribution in [-0.2, 0) is 4.74 Å². The summed E-state index contributed by atoms with van der Waals surface area (Å²) in [4.78, 5) is 12.6. The highest BCUT2D eigenvalue weighted by atomic mass is 35.5. The third-order valence-corrected chi connectivity index (χ3v) is 5.87. The van der Waals surface area contributed by atoms with Gasteiger partial charge in [0.15, 0.2) is 9.93 Å². The van der Waals surface area contributed by atoms with Gasteiger partial charge in [-0.1, -0.05) is 12.1 Å². The van der Waals surface area contributed by atoms with E-state index in [0.29, 0.717) is 18.8 Å². The molecule has 2 heterocycles. The number of halogens is 1. The predicted molar refractivity (Wildman–Crippen MR) is 75.8 cm³/mol. The highest BCUT2D eigenvalue weighted by Crippen LogP contribution is 2.57. The molecule has 5 nitrogen and oxygen atoms in total. The molecule has 2 aliphatic rings.